The van der Waals surface area contributed by atoms with Gasteiger partial charge in [0.25, 0.3) is 0 Å². The van der Waals surface area contributed by atoms with Crippen LogP contribution in [0, 0.1) is 0 Å². The van der Waals surface area contributed by atoms with E-state index in [1.807, 2.05) is 0 Å². The Kier molecular flexibility index (Phi) is 3.14. The first kappa shape index (κ1) is 12.2. The molecule has 0 atom stereocenters. The molecule has 0 unspecified atom stereocenters. The van der Waals surface area contributed by atoms with Gasteiger partial charge in [0.2, 0.25) is 0 Å². The predicted molar refractivity (Wildman–Crippen MR) is 81.4 cm³/mol. The average molecular weight is 372 g/mol. The Bertz CT molecular complexity index is 531. The molecule has 0 saturated heterocycles. The van der Waals surface area contributed by atoms with E-state index in [0.29, 0.717) is 34.2 Å². The summed E-state index contributed by atoms with van der Waals surface area (Å²) in [5.74, 6) is 0. The second kappa shape index (κ2) is 4.37. The second-order valence-electron chi connectivity index (χ2n) is 5.22. The SMILES string of the molecule is CC(C)(C)P1[Se]c2cccc3cccc(c23)[Se]1. The third-order valence-electron chi connectivity index (χ3n) is 2.74. The number of hydrogen-bond donors (Lipinski definition) is 0. The van der Waals surface area contributed by atoms with Crippen molar-refractivity contribution >= 4 is 54.0 Å². The summed E-state index contributed by atoms with van der Waals surface area (Å²) >= 11 is 1.42. The number of hydrogen-bond acceptors (Lipinski definition) is 0. The Balaban J connectivity index is 2.17. The van der Waals surface area contributed by atoms with Crippen LogP contribution in [-0.4, -0.2) is 34.2 Å². The van der Waals surface area contributed by atoms with Crippen molar-refractivity contribution in [2.75, 3.05) is 0 Å². The summed E-state index contributed by atoms with van der Waals surface area (Å²) in [6.07, 6.45) is 0. The molecular weight excluding hydrogens is 357 g/mol. The summed E-state index contributed by atoms with van der Waals surface area (Å²) in [7, 11) is 0. The average Bonchev–Trinajstić information content (AvgIpc) is 2.28. The fourth-order valence-electron chi connectivity index (χ4n) is 1.90. The van der Waals surface area contributed by atoms with Gasteiger partial charge in [-0.2, -0.15) is 0 Å². The molecular formula is C14H15PSe2. The van der Waals surface area contributed by atoms with Crippen molar-refractivity contribution in [3.8, 4) is 0 Å². The van der Waals surface area contributed by atoms with E-state index in [0.717, 1.165) is 0 Å². The molecule has 2 aromatic carbocycles. The maximum absolute atomic E-state index is 2.43. The number of rotatable bonds is 0. The van der Waals surface area contributed by atoms with Crippen molar-refractivity contribution in [3.05, 3.63) is 36.4 Å². The van der Waals surface area contributed by atoms with Gasteiger partial charge < -0.3 is 0 Å². The Morgan fingerprint density at radius 1 is 0.882 bits per heavy atom. The minimum absolute atomic E-state index is 0.200. The van der Waals surface area contributed by atoms with Crippen LogP contribution >= 0.6 is 5.30 Å². The standard InChI is InChI=1S/C14H15PSe2/c1-14(2,3)15-16-11-8-4-6-10-7-5-9-12(17-15)13(10)11/h4-9H,1-3H3. The Hall–Kier alpha value is 0.169. The molecule has 3 heteroatoms. The molecule has 0 radical (unpaired) electrons. The van der Waals surface area contributed by atoms with Gasteiger partial charge in [0.05, 0.1) is 0 Å². The van der Waals surface area contributed by atoms with Crippen LogP contribution < -0.4 is 8.92 Å². The van der Waals surface area contributed by atoms with Gasteiger partial charge in [0.15, 0.2) is 0 Å². The van der Waals surface area contributed by atoms with Crippen molar-refractivity contribution in [3.63, 3.8) is 0 Å². The van der Waals surface area contributed by atoms with Crippen molar-refractivity contribution in [2.24, 2.45) is 0 Å². The molecule has 0 N–H and O–H groups in total. The minimum atomic E-state index is 0.200. The molecule has 3 rings (SSSR count). The molecule has 1 aliphatic heterocycles. The molecule has 0 spiro atoms. The molecule has 2 aromatic rings. The van der Waals surface area contributed by atoms with E-state index in [1.165, 1.54) is 5.39 Å². The molecule has 0 saturated carbocycles. The molecule has 0 aliphatic carbocycles. The monoisotopic (exact) mass is 374 g/mol. The summed E-state index contributed by atoms with van der Waals surface area (Å²) in [6, 6.07) is 13.7. The van der Waals surface area contributed by atoms with Crippen molar-refractivity contribution in [1.82, 2.24) is 0 Å². The van der Waals surface area contributed by atoms with Gasteiger partial charge in [-0.05, 0) is 0 Å². The van der Waals surface area contributed by atoms with Gasteiger partial charge in [0.1, 0.15) is 0 Å². The van der Waals surface area contributed by atoms with E-state index in [9.17, 15) is 0 Å². The van der Waals surface area contributed by atoms with Crippen LogP contribution in [0.5, 0.6) is 0 Å². The van der Waals surface area contributed by atoms with Gasteiger partial charge >= 0.3 is 116 Å². The first-order valence-electron chi connectivity index (χ1n) is 5.74. The second-order valence-corrected chi connectivity index (χ2v) is 19.7. The van der Waals surface area contributed by atoms with Crippen LogP contribution in [0.2, 0.25) is 0 Å². The predicted octanol–water partition coefficient (Wildman–Crippen LogP) is 2.62. The molecule has 88 valence electrons. The summed E-state index contributed by atoms with van der Waals surface area (Å²) in [5, 5.41) is 3.77. The van der Waals surface area contributed by atoms with Crippen LogP contribution in [0.4, 0.5) is 0 Å². The molecule has 1 aliphatic rings. The van der Waals surface area contributed by atoms with Gasteiger partial charge in [-0.25, -0.2) is 0 Å². The van der Waals surface area contributed by atoms with Crippen LogP contribution in [-0.2, 0) is 0 Å². The van der Waals surface area contributed by atoms with Gasteiger partial charge in [-0.1, -0.05) is 0 Å². The van der Waals surface area contributed by atoms with Gasteiger partial charge in [0, 0.05) is 0 Å². The summed E-state index contributed by atoms with van der Waals surface area (Å²) in [6.45, 7) is 7.28. The van der Waals surface area contributed by atoms with Crippen LogP contribution in [0.3, 0.4) is 0 Å². The molecule has 0 bridgehead atoms. The van der Waals surface area contributed by atoms with Crippen molar-refractivity contribution in [2.45, 2.75) is 25.9 Å². The molecule has 0 fully saturated rings. The van der Waals surface area contributed by atoms with Crippen LogP contribution in [0.1, 0.15) is 20.8 Å². The van der Waals surface area contributed by atoms with Crippen LogP contribution in [0.25, 0.3) is 10.8 Å². The van der Waals surface area contributed by atoms with E-state index in [1.54, 1.807) is 14.3 Å². The van der Waals surface area contributed by atoms with Gasteiger partial charge in [-0.15, -0.1) is 0 Å². The van der Waals surface area contributed by atoms with Crippen LogP contribution in [0.15, 0.2) is 36.4 Å². The summed E-state index contributed by atoms with van der Waals surface area (Å²) < 4.78 is 3.31. The fraction of sp³-hybridized carbons (Fsp3) is 0.286. The molecule has 0 aromatic heterocycles. The number of benzene rings is 2. The zero-order valence-electron chi connectivity index (χ0n) is 10.2. The normalized spacial score (nSPS) is 16.4. The van der Waals surface area contributed by atoms with E-state index < -0.39 is 0 Å². The Morgan fingerprint density at radius 2 is 1.41 bits per heavy atom. The fourth-order valence-corrected chi connectivity index (χ4v) is 19.1. The third-order valence-corrected chi connectivity index (χ3v) is 22.3. The molecule has 17 heavy (non-hydrogen) atoms. The van der Waals surface area contributed by atoms with E-state index in [2.05, 4.69) is 57.2 Å². The molecule has 0 amide bonds. The molecule has 0 nitrogen and oxygen atoms in total. The van der Waals surface area contributed by atoms with E-state index in [-0.39, 0.29) is 5.30 Å². The zero-order chi connectivity index (χ0) is 12.0. The quantitative estimate of drug-likeness (QED) is 0.493. The Morgan fingerprint density at radius 3 is 1.88 bits per heavy atom. The van der Waals surface area contributed by atoms with Crippen molar-refractivity contribution < 1.29 is 0 Å². The first-order valence-corrected chi connectivity index (χ1v) is 13.2. The first-order chi connectivity index (χ1) is 8.05. The zero-order valence-corrected chi connectivity index (χ0v) is 14.5. The maximum atomic E-state index is 2.43. The van der Waals surface area contributed by atoms with E-state index in [4.69, 9.17) is 0 Å². The van der Waals surface area contributed by atoms with Gasteiger partial charge in [-0.3, -0.25) is 0 Å². The van der Waals surface area contributed by atoms with Crippen molar-refractivity contribution in [1.29, 1.82) is 0 Å². The summed E-state index contributed by atoms with van der Waals surface area (Å²) in [4.78, 5) is 0. The Labute approximate surface area is 116 Å². The topological polar surface area (TPSA) is 0 Å². The molecule has 1 heterocycles. The van der Waals surface area contributed by atoms with E-state index >= 15 is 0 Å². The summed E-state index contributed by atoms with van der Waals surface area (Å²) in [5.41, 5.74) is 0. The third kappa shape index (κ3) is 2.23.